The molecule has 5 nitrogen and oxygen atoms in total. The first-order valence-corrected chi connectivity index (χ1v) is 4.90. The average Bonchev–Trinajstić information content (AvgIpc) is 2.74. The van der Waals surface area contributed by atoms with Crippen molar-refractivity contribution in [1.29, 1.82) is 0 Å². The van der Waals surface area contributed by atoms with Gasteiger partial charge in [0.05, 0.1) is 0 Å². The zero-order valence-corrected chi connectivity index (χ0v) is 9.14. The maximum atomic E-state index is 11.8. The molecule has 1 amide bonds. The van der Waals surface area contributed by atoms with Crippen LogP contribution in [0, 0.1) is 13.8 Å². The summed E-state index contributed by atoms with van der Waals surface area (Å²) in [5, 5.41) is 7.20. The Morgan fingerprint density at radius 1 is 1.19 bits per heavy atom. The van der Waals surface area contributed by atoms with Crippen molar-refractivity contribution >= 4 is 5.91 Å². The number of hydrogen-bond donors (Lipinski definition) is 1. The van der Waals surface area contributed by atoms with Crippen LogP contribution in [-0.2, 0) is 0 Å². The lowest BCUT2D eigenvalue weighted by Gasteiger charge is -2.06. The van der Waals surface area contributed by atoms with Crippen LogP contribution in [0.1, 0.15) is 21.5 Å². The third kappa shape index (κ3) is 2.08. The van der Waals surface area contributed by atoms with E-state index in [2.05, 4.69) is 15.6 Å². The summed E-state index contributed by atoms with van der Waals surface area (Å²) in [6.45, 7) is 3.99. The standard InChI is InChI=1S/C11H12N4O/c1-8-3-4-10(5-9(8)2)11(16)14-15-6-12-13-7-15/h3-7H,1-2H3,(H,14,16). The molecule has 5 heteroatoms. The van der Waals surface area contributed by atoms with Crippen LogP contribution in [0.25, 0.3) is 0 Å². The predicted octanol–water partition coefficient (Wildman–Crippen LogP) is 1.28. The molecule has 0 saturated carbocycles. The Balaban J connectivity index is 2.18. The molecule has 1 heterocycles. The molecule has 0 saturated heterocycles. The molecule has 1 aromatic carbocycles. The van der Waals surface area contributed by atoms with Crippen LogP contribution in [0.5, 0.6) is 0 Å². The van der Waals surface area contributed by atoms with Crippen molar-refractivity contribution in [2.75, 3.05) is 5.43 Å². The summed E-state index contributed by atoms with van der Waals surface area (Å²) in [6.07, 6.45) is 2.86. The molecule has 0 aliphatic carbocycles. The number of aromatic nitrogens is 3. The van der Waals surface area contributed by atoms with Crippen LogP contribution in [0.2, 0.25) is 0 Å². The summed E-state index contributed by atoms with van der Waals surface area (Å²) in [5.41, 5.74) is 5.52. The van der Waals surface area contributed by atoms with Crippen LogP contribution in [0.4, 0.5) is 0 Å². The van der Waals surface area contributed by atoms with Gasteiger partial charge < -0.3 is 0 Å². The highest BCUT2D eigenvalue weighted by molar-refractivity contribution is 6.00. The van der Waals surface area contributed by atoms with Crippen molar-refractivity contribution in [2.24, 2.45) is 0 Å². The lowest BCUT2D eigenvalue weighted by Crippen LogP contribution is -2.21. The number of carbonyl (C=O) groups is 1. The summed E-state index contributed by atoms with van der Waals surface area (Å²) in [6, 6.07) is 5.58. The maximum absolute atomic E-state index is 11.8. The molecule has 0 unspecified atom stereocenters. The fourth-order valence-corrected chi connectivity index (χ4v) is 1.32. The number of nitrogens with one attached hydrogen (secondary N) is 1. The number of hydrogen-bond acceptors (Lipinski definition) is 3. The Morgan fingerprint density at radius 3 is 2.50 bits per heavy atom. The molecule has 82 valence electrons. The Hall–Kier alpha value is -2.17. The molecule has 0 aliphatic heterocycles. The molecule has 16 heavy (non-hydrogen) atoms. The minimum absolute atomic E-state index is 0.178. The van der Waals surface area contributed by atoms with Gasteiger partial charge in [-0.05, 0) is 37.1 Å². The number of amides is 1. The number of carbonyl (C=O) groups excluding carboxylic acids is 1. The van der Waals surface area contributed by atoms with Gasteiger partial charge in [-0.25, -0.2) is 4.68 Å². The Bertz CT molecular complexity index is 505. The van der Waals surface area contributed by atoms with Gasteiger partial charge in [-0.2, -0.15) is 0 Å². The van der Waals surface area contributed by atoms with Crippen LogP contribution >= 0.6 is 0 Å². The zero-order chi connectivity index (χ0) is 11.5. The van der Waals surface area contributed by atoms with Gasteiger partial charge in [0.25, 0.3) is 5.91 Å². The number of aryl methyl sites for hydroxylation is 2. The molecule has 1 N–H and O–H groups in total. The van der Waals surface area contributed by atoms with E-state index < -0.39 is 0 Å². The molecule has 0 aliphatic rings. The minimum Gasteiger partial charge on any atom is -0.267 e. The Morgan fingerprint density at radius 2 is 1.88 bits per heavy atom. The van der Waals surface area contributed by atoms with E-state index in [1.807, 2.05) is 26.0 Å². The Labute approximate surface area is 93.1 Å². The molecule has 2 aromatic rings. The van der Waals surface area contributed by atoms with Gasteiger partial charge in [0, 0.05) is 5.56 Å². The first-order chi connectivity index (χ1) is 7.66. The van der Waals surface area contributed by atoms with E-state index in [-0.39, 0.29) is 5.91 Å². The van der Waals surface area contributed by atoms with Gasteiger partial charge in [-0.1, -0.05) is 6.07 Å². The van der Waals surface area contributed by atoms with Crippen molar-refractivity contribution in [1.82, 2.24) is 14.9 Å². The predicted molar refractivity (Wildman–Crippen MR) is 59.6 cm³/mol. The SMILES string of the molecule is Cc1ccc(C(=O)Nn2cnnc2)cc1C. The van der Waals surface area contributed by atoms with Gasteiger partial charge in [-0.15, -0.1) is 10.2 Å². The van der Waals surface area contributed by atoms with E-state index in [1.54, 1.807) is 6.07 Å². The van der Waals surface area contributed by atoms with Gasteiger partial charge in [0.1, 0.15) is 12.7 Å². The van der Waals surface area contributed by atoms with Crippen molar-refractivity contribution in [3.05, 3.63) is 47.5 Å². The maximum Gasteiger partial charge on any atom is 0.270 e. The van der Waals surface area contributed by atoms with Crippen molar-refractivity contribution in [3.8, 4) is 0 Å². The third-order valence-corrected chi connectivity index (χ3v) is 2.42. The van der Waals surface area contributed by atoms with Gasteiger partial charge in [0.15, 0.2) is 0 Å². The van der Waals surface area contributed by atoms with Gasteiger partial charge in [0.2, 0.25) is 0 Å². The molecule has 2 rings (SSSR count). The van der Waals surface area contributed by atoms with E-state index >= 15 is 0 Å². The molecule has 0 bridgehead atoms. The summed E-state index contributed by atoms with van der Waals surface area (Å²) in [4.78, 5) is 11.8. The van der Waals surface area contributed by atoms with E-state index in [4.69, 9.17) is 0 Å². The summed E-state index contributed by atoms with van der Waals surface area (Å²) in [7, 11) is 0. The second-order valence-corrected chi connectivity index (χ2v) is 3.61. The van der Waals surface area contributed by atoms with Gasteiger partial charge >= 0.3 is 0 Å². The smallest absolute Gasteiger partial charge is 0.267 e. The number of nitrogens with zero attached hydrogens (tertiary/aromatic N) is 3. The zero-order valence-electron chi connectivity index (χ0n) is 9.14. The third-order valence-electron chi connectivity index (χ3n) is 2.42. The highest BCUT2D eigenvalue weighted by Crippen LogP contribution is 2.09. The van der Waals surface area contributed by atoms with Crippen molar-refractivity contribution in [3.63, 3.8) is 0 Å². The highest BCUT2D eigenvalue weighted by Gasteiger charge is 2.06. The highest BCUT2D eigenvalue weighted by atomic mass is 16.2. The first kappa shape index (κ1) is 10.4. The largest absolute Gasteiger partial charge is 0.270 e. The topological polar surface area (TPSA) is 59.8 Å². The molecule has 0 atom stereocenters. The van der Waals surface area contributed by atoms with E-state index in [0.717, 1.165) is 5.56 Å². The number of benzene rings is 1. The summed E-state index contributed by atoms with van der Waals surface area (Å²) >= 11 is 0. The average molecular weight is 216 g/mol. The van der Waals surface area contributed by atoms with E-state index in [9.17, 15) is 4.79 Å². The normalized spacial score (nSPS) is 10.1. The number of rotatable bonds is 2. The fourth-order valence-electron chi connectivity index (χ4n) is 1.32. The van der Waals surface area contributed by atoms with Gasteiger partial charge in [-0.3, -0.25) is 10.2 Å². The molecule has 0 fully saturated rings. The van der Waals surface area contributed by atoms with E-state index in [0.29, 0.717) is 5.56 Å². The quantitative estimate of drug-likeness (QED) is 0.822. The van der Waals surface area contributed by atoms with Crippen LogP contribution < -0.4 is 5.43 Å². The fraction of sp³-hybridized carbons (Fsp3) is 0.182. The molecule has 0 spiro atoms. The monoisotopic (exact) mass is 216 g/mol. The lowest BCUT2D eigenvalue weighted by molar-refractivity contribution is 0.101. The molecular formula is C11H12N4O. The lowest BCUT2D eigenvalue weighted by atomic mass is 10.1. The van der Waals surface area contributed by atoms with E-state index in [1.165, 1.54) is 22.9 Å². The minimum atomic E-state index is -0.178. The second kappa shape index (κ2) is 4.14. The van der Waals surface area contributed by atoms with Crippen LogP contribution in [-0.4, -0.2) is 20.8 Å². The first-order valence-electron chi connectivity index (χ1n) is 4.90. The molecular weight excluding hydrogens is 204 g/mol. The second-order valence-electron chi connectivity index (χ2n) is 3.61. The molecule has 0 radical (unpaired) electrons. The summed E-state index contributed by atoms with van der Waals surface area (Å²) < 4.78 is 1.41. The molecule has 1 aromatic heterocycles. The van der Waals surface area contributed by atoms with Crippen molar-refractivity contribution < 1.29 is 4.79 Å². The van der Waals surface area contributed by atoms with Crippen LogP contribution in [0.3, 0.4) is 0 Å². The van der Waals surface area contributed by atoms with Crippen LogP contribution in [0.15, 0.2) is 30.9 Å². The van der Waals surface area contributed by atoms with Crippen molar-refractivity contribution in [2.45, 2.75) is 13.8 Å². The summed E-state index contributed by atoms with van der Waals surface area (Å²) in [5.74, 6) is -0.178. The Kier molecular flexibility index (Phi) is 2.68.